The molecule has 0 unspecified atom stereocenters. The maximum absolute atomic E-state index is 11.5. The Hall–Kier alpha value is -1.22. The highest BCUT2D eigenvalue weighted by Crippen LogP contribution is 2.00. The van der Waals surface area contributed by atoms with Crippen LogP contribution in [-0.2, 0) is 16.0 Å². The number of ether oxygens (including phenoxy) is 1. The van der Waals surface area contributed by atoms with Crippen LogP contribution in [0.1, 0.15) is 25.3 Å². The quantitative estimate of drug-likeness (QED) is 0.642. The summed E-state index contributed by atoms with van der Waals surface area (Å²) < 4.78 is 5.26. The Morgan fingerprint density at radius 1 is 1.33 bits per heavy atom. The van der Waals surface area contributed by atoms with Gasteiger partial charge in [-0.2, -0.15) is 0 Å². The van der Waals surface area contributed by atoms with E-state index < -0.39 is 0 Å². The summed E-state index contributed by atoms with van der Waals surface area (Å²) in [7, 11) is 0. The van der Waals surface area contributed by atoms with E-state index in [1.807, 2.05) is 12.1 Å². The second kappa shape index (κ2) is 7.12. The van der Waals surface area contributed by atoms with Crippen LogP contribution in [0, 0.1) is 0 Å². The summed E-state index contributed by atoms with van der Waals surface area (Å²) in [6.07, 6.45) is 5.39. The van der Waals surface area contributed by atoms with Crippen molar-refractivity contribution in [2.75, 3.05) is 13.2 Å². The summed E-state index contributed by atoms with van der Waals surface area (Å²) in [5.41, 5.74) is 1.02. The number of hydrogen-bond acceptors (Lipinski definition) is 3. The molecule has 0 fully saturated rings. The van der Waals surface area contributed by atoms with Crippen molar-refractivity contribution in [1.82, 2.24) is 4.98 Å². The monoisotopic (exact) mass is 207 g/mol. The molecular weight excluding hydrogens is 190 g/mol. The van der Waals surface area contributed by atoms with Crippen molar-refractivity contribution in [3.63, 3.8) is 0 Å². The number of ketones is 1. The molecule has 0 aliphatic heterocycles. The molecule has 3 heteroatoms. The van der Waals surface area contributed by atoms with Crippen molar-refractivity contribution < 1.29 is 9.53 Å². The largest absolute Gasteiger partial charge is 0.381 e. The van der Waals surface area contributed by atoms with Crippen molar-refractivity contribution >= 4 is 5.78 Å². The first kappa shape index (κ1) is 11.9. The van der Waals surface area contributed by atoms with Gasteiger partial charge in [0.05, 0.1) is 6.61 Å². The summed E-state index contributed by atoms with van der Waals surface area (Å²) in [6.45, 7) is 3.33. The molecule has 1 aromatic heterocycles. The normalized spacial score (nSPS) is 10.2. The van der Waals surface area contributed by atoms with E-state index in [0.29, 0.717) is 19.4 Å². The fourth-order valence-electron chi connectivity index (χ4n) is 1.25. The lowest BCUT2D eigenvalue weighted by Crippen LogP contribution is -2.07. The number of Topliss-reactive ketones (excluding diaryl/α,β-unsaturated/α-hetero) is 1. The lowest BCUT2D eigenvalue weighted by atomic mass is 10.1. The molecule has 0 radical (unpaired) electrons. The zero-order valence-electron chi connectivity index (χ0n) is 9.11. The lowest BCUT2D eigenvalue weighted by molar-refractivity contribution is -0.119. The Kier molecular flexibility index (Phi) is 5.63. The minimum atomic E-state index is 0.220. The molecular formula is C12H17NO2. The number of carbonyl (C=O) groups excluding carboxylic acids is 1. The first-order chi connectivity index (χ1) is 7.33. The summed E-state index contributed by atoms with van der Waals surface area (Å²) >= 11 is 0. The molecule has 0 amide bonds. The number of aromatic nitrogens is 1. The van der Waals surface area contributed by atoms with Crippen LogP contribution in [0.3, 0.4) is 0 Å². The Balaban J connectivity index is 2.19. The van der Waals surface area contributed by atoms with E-state index in [9.17, 15) is 4.79 Å². The molecule has 1 heterocycles. The number of pyridine rings is 1. The van der Waals surface area contributed by atoms with Crippen molar-refractivity contribution in [3.8, 4) is 0 Å². The van der Waals surface area contributed by atoms with Crippen molar-refractivity contribution in [3.05, 3.63) is 30.1 Å². The minimum absolute atomic E-state index is 0.220. The van der Waals surface area contributed by atoms with Gasteiger partial charge in [-0.1, -0.05) is 6.92 Å². The van der Waals surface area contributed by atoms with Gasteiger partial charge in [-0.25, -0.2) is 0 Å². The van der Waals surface area contributed by atoms with Gasteiger partial charge in [-0.05, 0) is 24.1 Å². The molecule has 0 aliphatic carbocycles. The Morgan fingerprint density at radius 2 is 2.07 bits per heavy atom. The smallest absolute Gasteiger partial charge is 0.139 e. The second-order valence-electron chi connectivity index (χ2n) is 3.43. The van der Waals surface area contributed by atoms with Crippen LogP contribution in [0.5, 0.6) is 0 Å². The van der Waals surface area contributed by atoms with Crippen molar-refractivity contribution in [2.45, 2.75) is 26.2 Å². The first-order valence-electron chi connectivity index (χ1n) is 5.31. The van der Waals surface area contributed by atoms with Gasteiger partial charge in [-0.3, -0.25) is 9.78 Å². The lowest BCUT2D eigenvalue weighted by Gasteiger charge is -2.02. The van der Waals surface area contributed by atoms with Crippen LogP contribution < -0.4 is 0 Å². The van der Waals surface area contributed by atoms with Crippen LogP contribution in [0.4, 0.5) is 0 Å². The van der Waals surface area contributed by atoms with Crippen LogP contribution >= 0.6 is 0 Å². The van der Waals surface area contributed by atoms with Crippen LogP contribution in [0.15, 0.2) is 24.5 Å². The van der Waals surface area contributed by atoms with Gasteiger partial charge in [0.25, 0.3) is 0 Å². The van der Waals surface area contributed by atoms with Gasteiger partial charge in [0, 0.05) is 31.8 Å². The van der Waals surface area contributed by atoms with Gasteiger partial charge in [0.15, 0.2) is 0 Å². The molecule has 0 aromatic carbocycles. The van der Waals surface area contributed by atoms with Crippen LogP contribution in [0.2, 0.25) is 0 Å². The highest BCUT2D eigenvalue weighted by molar-refractivity contribution is 5.80. The van der Waals surface area contributed by atoms with Gasteiger partial charge >= 0.3 is 0 Å². The predicted octanol–water partition coefficient (Wildman–Crippen LogP) is 2.01. The number of nitrogens with zero attached hydrogens (tertiary/aromatic N) is 1. The second-order valence-corrected chi connectivity index (χ2v) is 3.43. The van der Waals surface area contributed by atoms with Gasteiger partial charge < -0.3 is 4.74 Å². The molecule has 0 spiro atoms. The van der Waals surface area contributed by atoms with Crippen molar-refractivity contribution in [2.24, 2.45) is 0 Å². The molecule has 0 saturated heterocycles. The summed E-state index contributed by atoms with van der Waals surface area (Å²) in [5, 5.41) is 0. The minimum Gasteiger partial charge on any atom is -0.381 e. The highest BCUT2D eigenvalue weighted by Gasteiger charge is 2.02. The fourth-order valence-corrected chi connectivity index (χ4v) is 1.25. The van der Waals surface area contributed by atoms with E-state index in [2.05, 4.69) is 11.9 Å². The van der Waals surface area contributed by atoms with E-state index in [1.165, 1.54) is 0 Å². The molecule has 0 N–H and O–H groups in total. The average molecular weight is 207 g/mol. The maximum Gasteiger partial charge on any atom is 0.139 e. The summed E-state index contributed by atoms with van der Waals surface area (Å²) in [4.78, 5) is 15.4. The standard InChI is InChI=1S/C12H17NO2/c1-2-8-15-9-5-12(14)10-11-3-6-13-7-4-11/h3-4,6-7H,2,5,8-10H2,1H3. The van der Waals surface area contributed by atoms with Crippen LogP contribution in [-0.4, -0.2) is 24.0 Å². The number of hydrogen-bond donors (Lipinski definition) is 0. The summed E-state index contributed by atoms with van der Waals surface area (Å²) in [6, 6.07) is 3.73. The number of rotatable bonds is 7. The van der Waals surface area contributed by atoms with E-state index >= 15 is 0 Å². The van der Waals surface area contributed by atoms with Gasteiger partial charge in [-0.15, -0.1) is 0 Å². The fraction of sp³-hybridized carbons (Fsp3) is 0.500. The zero-order chi connectivity index (χ0) is 10.9. The highest BCUT2D eigenvalue weighted by atomic mass is 16.5. The van der Waals surface area contributed by atoms with Gasteiger partial charge in [0.1, 0.15) is 5.78 Å². The molecule has 3 nitrogen and oxygen atoms in total. The molecule has 0 bridgehead atoms. The molecule has 0 aliphatic rings. The van der Waals surface area contributed by atoms with E-state index in [1.54, 1.807) is 12.4 Å². The Bertz CT molecular complexity index is 285. The third-order valence-corrected chi connectivity index (χ3v) is 2.02. The molecule has 15 heavy (non-hydrogen) atoms. The van der Waals surface area contributed by atoms with E-state index in [4.69, 9.17) is 4.74 Å². The molecule has 1 rings (SSSR count). The first-order valence-corrected chi connectivity index (χ1v) is 5.31. The van der Waals surface area contributed by atoms with E-state index in [0.717, 1.165) is 18.6 Å². The van der Waals surface area contributed by atoms with Crippen LogP contribution in [0.25, 0.3) is 0 Å². The third kappa shape index (κ3) is 5.27. The Morgan fingerprint density at radius 3 is 2.73 bits per heavy atom. The third-order valence-electron chi connectivity index (χ3n) is 2.02. The molecule has 0 atom stereocenters. The average Bonchev–Trinajstić information content (AvgIpc) is 2.26. The summed E-state index contributed by atoms with van der Waals surface area (Å²) in [5.74, 6) is 0.220. The van der Waals surface area contributed by atoms with Crippen molar-refractivity contribution in [1.29, 1.82) is 0 Å². The number of carbonyl (C=O) groups is 1. The predicted molar refractivity (Wildman–Crippen MR) is 58.7 cm³/mol. The maximum atomic E-state index is 11.5. The SMILES string of the molecule is CCCOCCC(=O)Cc1ccncc1. The Labute approximate surface area is 90.5 Å². The zero-order valence-corrected chi connectivity index (χ0v) is 9.11. The molecule has 1 aromatic rings. The topological polar surface area (TPSA) is 39.2 Å². The van der Waals surface area contributed by atoms with Gasteiger partial charge in [0.2, 0.25) is 0 Å². The van der Waals surface area contributed by atoms with E-state index in [-0.39, 0.29) is 5.78 Å². The molecule has 82 valence electrons. The molecule has 0 saturated carbocycles.